The van der Waals surface area contributed by atoms with E-state index in [2.05, 4.69) is 20.4 Å². The van der Waals surface area contributed by atoms with Crippen LogP contribution in [0.3, 0.4) is 0 Å². The maximum atomic E-state index is 10.6. The van der Waals surface area contributed by atoms with Crippen LogP contribution < -0.4 is 0 Å². The number of carboxylic acids is 1. The van der Waals surface area contributed by atoms with Gasteiger partial charge in [-0.05, 0) is 18.8 Å². The van der Waals surface area contributed by atoms with E-state index < -0.39 is 5.97 Å². The molecule has 0 aliphatic heterocycles. The summed E-state index contributed by atoms with van der Waals surface area (Å²) >= 11 is 0. The van der Waals surface area contributed by atoms with Crippen LogP contribution in [0, 0.1) is 5.92 Å². The number of carbonyl (C=O) groups is 1. The zero-order valence-electron chi connectivity index (χ0n) is 17.2. The van der Waals surface area contributed by atoms with E-state index in [9.17, 15) is 4.79 Å². The molecule has 2 heteroatoms. The van der Waals surface area contributed by atoms with E-state index in [-0.39, 0.29) is 0 Å². The summed E-state index contributed by atoms with van der Waals surface area (Å²) in [5, 5.41) is 8.73. The van der Waals surface area contributed by atoms with Crippen molar-refractivity contribution in [3.63, 3.8) is 0 Å². The molecule has 25 heavy (non-hydrogen) atoms. The minimum Gasteiger partial charge on any atom is -0.478 e. The van der Waals surface area contributed by atoms with Crippen LogP contribution in [-0.4, -0.2) is 11.1 Å². The molecule has 0 heterocycles. The maximum Gasteiger partial charge on any atom is 0.330 e. The summed E-state index contributed by atoms with van der Waals surface area (Å²) in [7, 11) is 0. The Morgan fingerprint density at radius 1 is 0.680 bits per heavy atom. The standard InChI is InChI=1S/C23H44O2/c1-21(2)19-17-15-13-11-9-7-5-4-6-8-10-12-14-16-18-20-22(3)23(24)25/h21H,3-20H2,1-2H3,(H,24,25). The molecule has 0 aliphatic carbocycles. The third-order valence-electron chi connectivity index (χ3n) is 5.06. The Kier molecular flexibility index (Phi) is 17.4. The highest BCUT2D eigenvalue weighted by Gasteiger charge is 2.02. The van der Waals surface area contributed by atoms with Crippen molar-refractivity contribution < 1.29 is 9.90 Å². The van der Waals surface area contributed by atoms with Crippen molar-refractivity contribution in [2.45, 2.75) is 123 Å². The minimum absolute atomic E-state index is 0.357. The molecule has 0 fully saturated rings. The molecule has 2 nitrogen and oxygen atoms in total. The van der Waals surface area contributed by atoms with Gasteiger partial charge in [0.1, 0.15) is 0 Å². The first kappa shape index (κ1) is 24.2. The van der Waals surface area contributed by atoms with Gasteiger partial charge in [-0.1, -0.05) is 117 Å². The van der Waals surface area contributed by atoms with Gasteiger partial charge in [0, 0.05) is 5.57 Å². The molecule has 0 unspecified atom stereocenters. The summed E-state index contributed by atoms with van der Waals surface area (Å²) in [6, 6.07) is 0. The molecule has 0 aromatic carbocycles. The van der Waals surface area contributed by atoms with E-state index in [4.69, 9.17) is 5.11 Å². The Morgan fingerprint density at radius 3 is 1.32 bits per heavy atom. The van der Waals surface area contributed by atoms with Gasteiger partial charge in [-0.3, -0.25) is 0 Å². The second kappa shape index (κ2) is 18.0. The summed E-state index contributed by atoms with van der Waals surface area (Å²) in [4.78, 5) is 10.6. The largest absolute Gasteiger partial charge is 0.478 e. The maximum absolute atomic E-state index is 10.6. The number of rotatable bonds is 19. The first-order chi connectivity index (χ1) is 12.0. The van der Waals surface area contributed by atoms with E-state index in [0.717, 1.165) is 18.8 Å². The Bertz CT molecular complexity index is 320. The summed E-state index contributed by atoms with van der Waals surface area (Å²) in [6.07, 6.45) is 22.2. The molecule has 0 radical (unpaired) electrons. The van der Waals surface area contributed by atoms with Gasteiger partial charge >= 0.3 is 5.97 Å². The molecule has 0 aromatic rings. The molecule has 0 saturated heterocycles. The second-order valence-electron chi connectivity index (χ2n) is 8.14. The van der Waals surface area contributed by atoms with Crippen LogP contribution in [0.5, 0.6) is 0 Å². The molecule has 0 saturated carbocycles. The lowest BCUT2D eigenvalue weighted by Gasteiger charge is -2.05. The van der Waals surface area contributed by atoms with Crippen molar-refractivity contribution in [2.75, 3.05) is 0 Å². The summed E-state index contributed by atoms with van der Waals surface area (Å²) in [5.74, 6) is 0.0306. The first-order valence-electron chi connectivity index (χ1n) is 10.9. The lowest BCUT2D eigenvalue weighted by molar-refractivity contribution is -0.132. The molecule has 0 atom stereocenters. The van der Waals surface area contributed by atoms with Gasteiger partial charge in [0.25, 0.3) is 0 Å². The summed E-state index contributed by atoms with van der Waals surface area (Å²) in [5.41, 5.74) is 0.357. The van der Waals surface area contributed by atoms with E-state index in [1.54, 1.807) is 0 Å². The Morgan fingerprint density at radius 2 is 1.00 bits per heavy atom. The summed E-state index contributed by atoms with van der Waals surface area (Å²) < 4.78 is 0. The fraction of sp³-hybridized carbons (Fsp3) is 0.870. The van der Waals surface area contributed by atoms with Crippen molar-refractivity contribution in [1.82, 2.24) is 0 Å². The van der Waals surface area contributed by atoms with Gasteiger partial charge in [-0.2, -0.15) is 0 Å². The molecule has 1 N–H and O–H groups in total. The van der Waals surface area contributed by atoms with Crippen LogP contribution >= 0.6 is 0 Å². The normalized spacial score (nSPS) is 11.2. The SMILES string of the molecule is C=C(CCCCCCCCCCCCCCCCCC(C)C)C(=O)O. The van der Waals surface area contributed by atoms with E-state index in [0.29, 0.717) is 12.0 Å². The van der Waals surface area contributed by atoms with Crippen molar-refractivity contribution in [2.24, 2.45) is 5.92 Å². The monoisotopic (exact) mass is 352 g/mol. The predicted octanol–water partition coefficient (Wildman–Crippen LogP) is 7.91. The van der Waals surface area contributed by atoms with E-state index >= 15 is 0 Å². The number of unbranched alkanes of at least 4 members (excludes halogenated alkanes) is 14. The second-order valence-corrected chi connectivity index (χ2v) is 8.14. The van der Waals surface area contributed by atoms with Crippen LogP contribution in [0.25, 0.3) is 0 Å². The van der Waals surface area contributed by atoms with Crippen molar-refractivity contribution in [3.8, 4) is 0 Å². The predicted molar refractivity (Wildman–Crippen MR) is 110 cm³/mol. The number of carboxylic acid groups (broad SMARTS) is 1. The molecule has 148 valence electrons. The number of hydrogen-bond donors (Lipinski definition) is 1. The van der Waals surface area contributed by atoms with Crippen molar-refractivity contribution in [3.05, 3.63) is 12.2 Å². The van der Waals surface area contributed by atoms with Gasteiger partial charge in [0.2, 0.25) is 0 Å². The Labute approximate surface area is 157 Å². The number of hydrogen-bond acceptors (Lipinski definition) is 1. The first-order valence-corrected chi connectivity index (χ1v) is 10.9. The molecule has 0 aliphatic rings. The van der Waals surface area contributed by atoms with Crippen LogP contribution in [0.1, 0.15) is 123 Å². The zero-order chi connectivity index (χ0) is 18.8. The Balaban J connectivity index is 3.07. The van der Waals surface area contributed by atoms with Gasteiger partial charge in [0.05, 0.1) is 0 Å². The minimum atomic E-state index is -0.842. The van der Waals surface area contributed by atoms with Crippen LogP contribution in [-0.2, 0) is 4.79 Å². The van der Waals surface area contributed by atoms with Gasteiger partial charge in [0.15, 0.2) is 0 Å². The van der Waals surface area contributed by atoms with E-state index in [1.165, 1.54) is 89.9 Å². The quantitative estimate of drug-likeness (QED) is 0.189. The number of aliphatic carboxylic acids is 1. The van der Waals surface area contributed by atoms with Crippen LogP contribution in [0.4, 0.5) is 0 Å². The summed E-state index contributed by atoms with van der Waals surface area (Å²) in [6.45, 7) is 8.21. The molecule has 0 rings (SSSR count). The molecular weight excluding hydrogens is 308 g/mol. The highest BCUT2D eigenvalue weighted by Crippen LogP contribution is 2.15. The van der Waals surface area contributed by atoms with Gasteiger partial charge < -0.3 is 5.11 Å². The van der Waals surface area contributed by atoms with Crippen LogP contribution in [0.2, 0.25) is 0 Å². The average Bonchev–Trinajstić information content (AvgIpc) is 2.57. The highest BCUT2D eigenvalue weighted by atomic mass is 16.4. The van der Waals surface area contributed by atoms with Crippen LogP contribution in [0.15, 0.2) is 12.2 Å². The Hall–Kier alpha value is -0.790. The topological polar surface area (TPSA) is 37.3 Å². The lowest BCUT2D eigenvalue weighted by Crippen LogP contribution is -1.98. The van der Waals surface area contributed by atoms with E-state index in [1.807, 2.05) is 0 Å². The third-order valence-corrected chi connectivity index (χ3v) is 5.06. The molecule has 0 aromatic heterocycles. The molecule has 0 spiro atoms. The van der Waals surface area contributed by atoms with Gasteiger partial charge in [-0.15, -0.1) is 0 Å². The fourth-order valence-corrected chi connectivity index (χ4v) is 3.30. The zero-order valence-corrected chi connectivity index (χ0v) is 17.2. The lowest BCUT2D eigenvalue weighted by atomic mass is 10.0. The van der Waals surface area contributed by atoms with Crippen molar-refractivity contribution in [1.29, 1.82) is 0 Å². The molecule has 0 bridgehead atoms. The van der Waals surface area contributed by atoms with Gasteiger partial charge in [-0.25, -0.2) is 4.79 Å². The molecule has 0 amide bonds. The highest BCUT2D eigenvalue weighted by molar-refractivity contribution is 5.85. The third kappa shape index (κ3) is 19.4. The fourth-order valence-electron chi connectivity index (χ4n) is 3.30. The molecular formula is C23H44O2. The smallest absolute Gasteiger partial charge is 0.330 e. The van der Waals surface area contributed by atoms with Crippen molar-refractivity contribution >= 4 is 5.97 Å². The average molecular weight is 353 g/mol.